The molecule has 0 aromatic heterocycles. The molecule has 2 N–H and O–H groups in total. The fraction of sp³-hybridized carbons (Fsp3) is 0.647. The normalized spacial score (nSPS) is 22.5. The summed E-state index contributed by atoms with van der Waals surface area (Å²) in [7, 11) is 0. The zero-order valence-corrected chi connectivity index (χ0v) is 14.3. The summed E-state index contributed by atoms with van der Waals surface area (Å²) in [5.74, 6) is 0.907. The van der Waals surface area contributed by atoms with Crippen molar-refractivity contribution < 1.29 is 0 Å². The number of hydrogen-bond donors (Lipinski definition) is 1. The van der Waals surface area contributed by atoms with Crippen molar-refractivity contribution in [2.45, 2.75) is 45.6 Å². The molecule has 1 aliphatic rings. The zero-order chi connectivity index (χ0) is 14.5. The van der Waals surface area contributed by atoms with Crippen LogP contribution in [0, 0.1) is 12.8 Å². The quantitative estimate of drug-likeness (QED) is 0.888. The van der Waals surface area contributed by atoms with Crippen LogP contribution in [0.2, 0.25) is 0 Å². The Morgan fingerprint density at radius 3 is 2.80 bits per heavy atom. The molecule has 1 aliphatic heterocycles. The molecule has 1 fully saturated rings. The Balaban J connectivity index is 2.12. The average Bonchev–Trinajstić information content (AvgIpc) is 2.69. The summed E-state index contributed by atoms with van der Waals surface area (Å²) in [6.07, 6.45) is 5.33. The van der Waals surface area contributed by atoms with Gasteiger partial charge in [0, 0.05) is 17.1 Å². The number of likely N-dealkylation sites (tertiary alicyclic amines) is 1. The van der Waals surface area contributed by atoms with Gasteiger partial charge in [0.25, 0.3) is 0 Å². The smallest absolute Gasteiger partial charge is 0.0470 e. The summed E-state index contributed by atoms with van der Waals surface area (Å²) >= 11 is 3.58. The predicted octanol–water partition coefficient (Wildman–Crippen LogP) is 4.27. The zero-order valence-electron chi connectivity index (χ0n) is 12.7. The number of hydrogen-bond acceptors (Lipinski definition) is 2. The monoisotopic (exact) mass is 338 g/mol. The number of benzene rings is 1. The molecule has 0 aliphatic carbocycles. The van der Waals surface area contributed by atoms with Crippen LogP contribution < -0.4 is 5.73 Å². The maximum absolute atomic E-state index is 6.09. The standard InChI is InChI=1S/C17H27BrN2/c1-3-14-5-4-9-20(10-8-14)17(12-19)15-6-7-16(18)13(2)11-15/h6-7,11,14,17H,3-5,8-10,12,19H2,1-2H3. The third kappa shape index (κ3) is 3.84. The minimum absolute atomic E-state index is 0.373. The van der Waals surface area contributed by atoms with Crippen LogP contribution in [-0.2, 0) is 0 Å². The van der Waals surface area contributed by atoms with Gasteiger partial charge in [-0.2, -0.15) is 0 Å². The molecule has 0 radical (unpaired) electrons. The highest BCUT2D eigenvalue weighted by molar-refractivity contribution is 9.10. The van der Waals surface area contributed by atoms with E-state index in [0.29, 0.717) is 12.6 Å². The fourth-order valence-electron chi connectivity index (χ4n) is 3.28. The first-order valence-corrected chi connectivity index (χ1v) is 8.65. The first-order chi connectivity index (χ1) is 9.65. The number of nitrogens with two attached hydrogens (primary N) is 1. The minimum atomic E-state index is 0.373. The lowest BCUT2D eigenvalue weighted by atomic mass is 9.98. The van der Waals surface area contributed by atoms with Gasteiger partial charge in [-0.05, 0) is 62.4 Å². The van der Waals surface area contributed by atoms with E-state index in [4.69, 9.17) is 5.73 Å². The van der Waals surface area contributed by atoms with Crippen molar-refractivity contribution in [1.82, 2.24) is 4.90 Å². The molecule has 1 heterocycles. The molecule has 2 rings (SSSR count). The second kappa shape index (κ2) is 7.58. The summed E-state index contributed by atoms with van der Waals surface area (Å²) < 4.78 is 1.18. The van der Waals surface area contributed by atoms with Crippen LogP contribution in [0.15, 0.2) is 22.7 Å². The van der Waals surface area contributed by atoms with Crippen molar-refractivity contribution in [2.75, 3.05) is 19.6 Å². The lowest BCUT2D eigenvalue weighted by Gasteiger charge is -2.30. The van der Waals surface area contributed by atoms with E-state index < -0.39 is 0 Å². The van der Waals surface area contributed by atoms with Gasteiger partial charge in [-0.25, -0.2) is 0 Å². The van der Waals surface area contributed by atoms with Gasteiger partial charge in [0.1, 0.15) is 0 Å². The third-order valence-electron chi connectivity index (χ3n) is 4.69. The average molecular weight is 339 g/mol. The Morgan fingerprint density at radius 1 is 1.35 bits per heavy atom. The van der Waals surface area contributed by atoms with Gasteiger partial charge in [-0.15, -0.1) is 0 Å². The Bertz CT molecular complexity index is 433. The molecule has 2 atom stereocenters. The molecule has 2 nitrogen and oxygen atoms in total. The number of halogens is 1. The molecule has 1 aromatic carbocycles. The second-order valence-corrected chi connectivity index (χ2v) is 6.86. The van der Waals surface area contributed by atoms with E-state index in [-0.39, 0.29) is 0 Å². The molecular formula is C17H27BrN2. The Morgan fingerprint density at radius 2 is 2.15 bits per heavy atom. The van der Waals surface area contributed by atoms with E-state index in [1.54, 1.807) is 0 Å². The molecular weight excluding hydrogens is 312 g/mol. The van der Waals surface area contributed by atoms with Gasteiger partial charge in [0.2, 0.25) is 0 Å². The molecule has 3 heteroatoms. The Hall–Kier alpha value is -0.380. The van der Waals surface area contributed by atoms with Gasteiger partial charge in [-0.3, -0.25) is 4.90 Å². The number of aryl methyl sites for hydroxylation is 1. The highest BCUT2D eigenvalue weighted by Crippen LogP contribution is 2.28. The topological polar surface area (TPSA) is 29.3 Å². The van der Waals surface area contributed by atoms with Crippen molar-refractivity contribution in [1.29, 1.82) is 0 Å². The SMILES string of the molecule is CCC1CCCN(C(CN)c2ccc(Br)c(C)c2)CC1. The van der Waals surface area contributed by atoms with Gasteiger partial charge in [-0.1, -0.05) is 41.4 Å². The van der Waals surface area contributed by atoms with Crippen LogP contribution in [0.5, 0.6) is 0 Å². The van der Waals surface area contributed by atoms with Gasteiger partial charge >= 0.3 is 0 Å². The van der Waals surface area contributed by atoms with Gasteiger partial charge in [0.05, 0.1) is 0 Å². The van der Waals surface area contributed by atoms with Crippen molar-refractivity contribution in [3.63, 3.8) is 0 Å². The maximum atomic E-state index is 6.09. The first kappa shape index (κ1) is 16.0. The van der Waals surface area contributed by atoms with Gasteiger partial charge < -0.3 is 5.73 Å². The second-order valence-electron chi connectivity index (χ2n) is 6.00. The lowest BCUT2D eigenvalue weighted by molar-refractivity contribution is 0.206. The van der Waals surface area contributed by atoms with E-state index in [0.717, 1.165) is 5.92 Å². The summed E-state index contributed by atoms with van der Waals surface area (Å²) in [5, 5.41) is 0. The fourth-order valence-corrected chi connectivity index (χ4v) is 3.53. The first-order valence-electron chi connectivity index (χ1n) is 7.85. The summed E-state index contributed by atoms with van der Waals surface area (Å²) in [6, 6.07) is 7.03. The van der Waals surface area contributed by atoms with Crippen molar-refractivity contribution >= 4 is 15.9 Å². The van der Waals surface area contributed by atoms with E-state index in [2.05, 4.69) is 52.9 Å². The summed E-state index contributed by atoms with van der Waals surface area (Å²) in [6.45, 7) is 7.55. The number of nitrogens with zero attached hydrogens (tertiary/aromatic N) is 1. The van der Waals surface area contributed by atoms with E-state index in [1.165, 1.54) is 54.4 Å². The van der Waals surface area contributed by atoms with Crippen LogP contribution in [0.4, 0.5) is 0 Å². The largest absolute Gasteiger partial charge is 0.329 e. The molecule has 112 valence electrons. The molecule has 1 aromatic rings. The summed E-state index contributed by atoms with van der Waals surface area (Å²) in [5.41, 5.74) is 8.75. The lowest BCUT2D eigenvalue weighted by Crippen LogP contribution is -2.34. The van der Waals surface area contributed by atoms with Crippen LogP contribution in [0.3, 0.4) is 0 Å². The highest BCUT2D eigenvalue weighted by Gasteiger charge is 2.23. The summed E-state index contributed by atoms with van der Waals surface area (Å²) in [4.78, 5) is 2.60. The Kier molecular flexibility index (Phi) is 6.06. The Labute approximate surface area is 131 Å². The van der Waals surface area contributed by atoms with Crippen molar-refractivity contribution in [3.8, 4) is 0 Å². The maximum Gasteiger partial charge on any atom is 0.0470 e. The van der Waals surface area contributed by atoms with E-state index >= 15 is 0 Å². The molecule has 2 unspecified atom stereocenters. The predicted molar refractivity (Wildman–Crippen MR) is 89.9 cm³/mol. The molecule has 0 saturated carbocycles. The van der Waals surface area contributed by atoms with Gasteiger partial charge in [0.15, 0.2) is 0 Å². The van der Waals surface area contributed by atoms with Crippen molar-refractivity contribution in [3.05, 3.63) is 33.8 Å². The van der Waals surface area contributed by atoms with E-state index in [1.807, 2.05) is 0 Å². The highest BCUT2D eigenvalue weighted by atomic mass is 79.9. The third-order valence-corrected chi connectivity index (χ3v) is 5.58. The van der Waals surface area contributed by atoms with Crippen LogP contribution in [0.25, 0.3) is 0 Å². The van der Waals surface area contributed by atoms with Crippen LogP contribution >= 0.6 is 15.9 Å². The molecule has 0 spiro atoms. The molecule has 0 bridgehead atoms. The van der Waals surface area contributed by atoms with Crippen molar-refractivity contribution in [2.24, 2.45) is 11.7 Å². The molecule has 20 heavy (non-hydrogen) atoms. The molecule has 0 amide bonds. The van der Waals surface area contributed by atoms with Crippen LogP contribution in [-0.4, -0.2) is 24.5 Å². The number of rotatable bonds is 4. The molecule has 1 saturated heterocycles. The van der Waals surface area contributed by atoms with Crippen LogP contribution in [0.1, 0.15) is 49.8 Å². The van der Waals surface area contributed by atoms with E-state index in [9.17, 15) is 0 Å². The minimum Gasteiger partial charge on any atom is -0.329 e.